The van der Waals surface area contributed by atoms with Crippen molar-refractivity contribution < 1.29 is 27.6 Å². The van der Waals surface area contributed by atoms with Crippen LogP contribution >= 0.6 is 0 Å². The van der Waals surface area contributed by atoms with E-state index in [4.69, 9.17) is 9.47 Å². The minimum atomic E-state index is -3.55. The molecular formula is C18H27N3O7S. The Labute approximate surface area is 170 Å². The van der Waals surface area contributed by atoms with E-state index < -0.39 is 20.9 Å². The molecule has 10 nitrogen and oxygen atoms in total. The molecule has 1 saturated heterocycles. The highest BCUT2D eigenvalue weighted by Crippen LogP contribution is 2.27. The number of nitro groups is 1. The number of sulfone groups is 1. The van der Waals surface area contributed by atoms with Crippen molar-refractivity contribution in [1.82, 2.24) is 5.32 Å². The maximum absolute atomic E-state index is 12.1. The van der Waals surface area contributed by atoms with E-state index in [0.29, 0.717) is 6.61 Å². The summed E-state index contributed by atoms with van der Waals surface area (Å²) in [4.78, 5) is 22.5. The number of rotatable bonds is 10. The fourth-order valence-corrected chi connectivity index (χ4v) is 3.48. The average molecular weight is 429 g/mol. The van der Waals surface area contributed by atoms with Crippen LogP contribution in [0.25, 0.3) is 0 Å². The van der Waals surface area contributed by atoms with Crippen LogP contribution in [0.3, 0.4) is 0 Å². The largest absolute Gasteiger partial charge is 0.378 e. The van der Waals surface area contributed by atoms with Gasteiger partial charge in [0.05, 0.1) is 22.5 Å². The Bertz CT molecular complexity index is 823. The van der Waals surface area contributed by atoms with Gasteiger partial charge < -0.3 is 20.1 Å². The molecule has 11 heteroatoms. The molecule has 2 atom stereocenters. The van der Waals surface area contributed by atoms with Crippen LogP contribution in [-0.2, 0) is 24.1 Å². The Balaban J connectivity index is 1.79. The van der Waals surface area contributed by atoms with Crippen LogP contribution in [0, 0.1) is 10.1 Å². The van der Waals surface area contributed by atoms with Gasteiger partial charge in [-0.25, -0.2) is 8.42 Å². The molecule has 0 aliphatic carbocycles. The van der Waals surface area contributed by atoms with Crippen molar-refractivity contribution in [2.24, 2.45) is 0 Å². The second-order valence-corrected chi connectivity index (χ2v) is 8.91. The molecule has 1 aromatic rings. The van der Waals surface area contributed by atoms with Crippen molar-refractivity contribution in [2.75, 3.05) is 37.9 Å². The van der Waals surface area contributed by atoms with E-state index >= 15 is 0 Å². The minimum Gasteiger partial charge on any atom is -0.378 e. The van der Waals surface area contributed by atoms with E-state index in [9.17, 15) is 23.3 Å². The van der Waals surface area contributed by atoms with E-state index in [0.717, 1.165) is 38.2 Å². The summed E-state index contributed by atoms with van der Waals surface area (Å²) in [6.07, 6.45) is 3.44. The third kappa shape index (κ3) is 7.26. The lowest BCUT2D eigenvalue weighted by molar-refractivity contribution is -0.384. The highest BCUT2D eigenvalue weighted by atomic mass is 32.2. The molecular weight excluding hydrogens is 402 g/mol. The summed E-state index contributed by atoms with van der Waals surface area (Å²) in [5.74, 6) is -0.287. The molecule has 2 N–H and O–H groups in total. The number of nitro benzene ring substituents is 1. The molecule has 1 aliphatic heterocycles. The summed E-state index contributed by atoms with van der Waals surface area (Å²) in [6, 6.07) is 3.65. The Morgan fingerprint density at radius 1 is 1.38 bits per heavy atom. The van der Waals surface area contributed by atoms with Crippen LogP contribution < -0.4 is 10.6 Å². The number of nitrogens with one attached hydrogen (secondary N) is 2. The van der Waals surface area contributed by atoms with Gasteiger partial charge in [-0.05, 0) is 38.3 Å². The number of ether oxygens (including phenoxy) is 2. The molecule has 0 aromatic heterocycles. The molecule has 0 bridgehead atoms. The maximum Gasteiger partial charge on any atom is 0.293 e. The molecule has 0 saturated carbocycles. The van der Waals surface area contributed by atoms with Gasteiger partial charge in [-0.1, -0.05) is 0 Å². The SMILES string of the molecule is CC(OCC1CCCCO1)C(=O)NCCNc1ccc(S(C)(=O)=O)cc1[N+](=O)[O-]. The van der Waals surface area contributed by atoms with Crippen LogP contribution in [0.4, 0.5) is 11.4 Å². The van der Waals surface area contributed by atoms with Gasteiger partial charge in [-0.2, -0.15) is 0 Å². The number of hydrogen-bond acceptors (Lipinski definition) is 8. The summed E-state index contributed by atoms with van der Waals surface area (Å²) in [5.41, 5.74) is -0.168. The topological polar surface area (TPSA) is 137 Å². The zero-order valence-corrected chi connectivity index (χ0v) is 17.4. The fraction of sp³-hybridized carbons (Fsp3) is 0.611. The van der Waals surface area contributed by atoms with Gasteiger partial charge >= 0.3 is 0 Å². The van der Waals surface area contributed by atoms with Crippen molar-refractivity contribution in [2.45, 2.75) is 43.3 Å². The fourth-order valence-electron chi connectivity index (χ4n) is 2.84. The first-order valence-electron chi connectivity index (χ1n) is 9.42. The van der Waals surface area contributed by atoms with E-state index in [1.807, 2.05) is 0 Å². The monoisotopic (exact) mass is 429 g/mol. The second-order valence-electron chi connectivity index (χ2n) is 6.89. The van der Waals surface area contributed by atoms with Crippen molar-refractivity contribution in [1.29, 1.82) is 0 Å². The molecule has 2 unspecified atom stereocenters. The lowest BCUT2D eigenvalue weighted by Gasteiger charge is -2.23. The molecule has 1 aliphatic rings. The molecule has 0 radical (unpaired) electrons. The Hall–Kier alpha value is -2.24. The molecule has 1 fully saturated rings. The highest BCUT2D eigenvalue weighted by molar-refractivity contribution is 7.90. The lowest BCUT2D eigenvalue weighted by Crippen LogP contribution is -2.38. The number of anilines is 1. The van der Waals surface area contributed by atoms with E-state index in [2.05, 4.69) is 10.6 Å². The summed E-state index contributed by atoms with van der Waals surface area (Å²) >= 11 is 0. The maximum atomic E-state index is 12.1. The Morgan fingerprint density at radius 3 is 2.76 bits per heavy atom. The van der Waals surface area contributed by atoms with Gasteiger partial charge in [-0.15, -0.1) is 0 Å². The highest BCUT2D eigenvalue weighted by Gasteiger charge is 2.20. The summed E-state index contributed by atoms with van der Waals surface area (Å²) < 4.78 is 34.2. The molecule has 29 heavy (non-hydrogen) atoms. The van der Waals surface area contributed by atoms with Crippen LogP contribution in [-0.4, -0.2) is 64.0 Å². The molecule has 0 spiro atoms. The van der Waals surface area contributed by atoms with Crippen molar-refractivity contribution in [3.05, 3.63) is 28.3 Å². The number of nitrogens with zero attached hydrogens (tertiary/aromatic N) is 1. The number of benzene rings is 1. The number of hydrogen-bond donors (Lipinski definition) is 2. The molecule has 162 valence electrons. The Morgan fingerprint density at radius 2 is 2.14 bits per heavy atom. The summed E-state index contributed by atoms with van der Waals surface area (Å²) in [7, 11) is -3.55. The first-order chi connectivity index (χ1) is 13.7. The van der Waals surface area contributed by atoms with Gasteiger partial charge in [0.2, 0.25) is 5.91 Å². The number of carbonyl (C=O) groups excluding carboxylic acids is 1. The van der Waals surface area contributed by atoms with Crippen molar-refractivity contribution >= 4 is 27.1 Å². The normalized spacial score (nSPS) is 18.1. The van der Waals surface area contributed by atoms with Gasteiger partial charge in [0.25, 0.3) is 5.69 Å². The predicted molar refractivity (Wildman–Crippen MR) is 107 cm³/mol. The standard InChI is InChI=1S/C18H27N3O7S/c1-13(28-12-14-5-3-4-10-27-14)18(22)20-9-8-19-16-7-6-15(29(2,25)26)11-17(16)21(23)24/h6-7,11,13-14,19H,3-5,8-10,12H2,1-2H3,(H,20,22). The quantitative estimate of drug-likeness (QED) is 0.324. The Kier molecular flexibility index (Phi) is 8.35. The van der Waals surface area contributed by atoms with E-state index in [1.54, 1.807) is 6.92 Å². The van der Waals surface area contributed by atoms with Crippen molar-refractivity contribution in [3.8, 4) is 0 Å². The lowest BCUT2D eigenvalue weighted by atomic mass is 10.1. The third-order valence-corrected chi connectivity index (χ3v) is 5.62. The minimum absolute atomic E-state index is 0.0242. The first-order valence-corrected chi connectivity index (χ1v) is 11.3. The van der Waals surface area contributed by atoms with E-state index in [-0.39, 0.29) is 41.4 Å². The molecule has 2 rings (SSSR count). The smallest absolute Gasteiger partial charge is 0.293 e. The van der Waals surface area contributed by atoms with Crippen LogP contribution in [0.15, 0.2) is 23.1 Å². The van der Waals surface area contributed by atoms with Crippen LogP contribution in [0.5, 0.6) is 0 Å². The predicted octanol–water partition coefficient (Wildman–Crippen LogP) is 1.50. The third-order valence-electron chi connectivity index (χ3n) is 4.51. The second kappa shape index (κ2) is 10.5. The molecule has 1 amide bonds. The number of amides is 1. The summed E-state index contributed by atoms with van der Waals surface area (Å²) in [6.45, 7) is 3.18. The number of carbonyl (C=O) groups is 1. The van der Waals surface area contributed by atoms with Gasteiger partial charge in [-0.3, -0.25) is 14.9 Å². The average Bonchev–Trinajstić information content (AvgIpc) is 2.69. The van der Waals surface area contributed by atoms with Crippen LogP contribution in [0.2, 0.25) is 0 Å². The van der Waals surface area contributed by atoms with Gasteiger partial charge in [0, 0.05) is 32.0 Å². The molecule has 1 aromatic carbocycles. The zero-order valence-electron chi connectivity index (χ0n) is 16.5. The molecule has 1 heterocycles. The van der Waals surface area contributed by atoms with E-state index in [1.165, 1.54) is 12.1 Å². The van der Waals surface area contributed by atoms with Crippen molar-refractivity contribution in [3.63, 3.8) is 0 Å². The van der Waals surface area contributed by atoms with Gasteiger partial charge in [0.1, 0.15) is 11.8 Å². The zero-order chi connectivity index (χ0) is 21.4. The first kappa shape index (κ1) is 23.0. The van der Waals surface area contributed by atoms with Crippen LogP contribution in [0.1, 0.15) is 26.2 Å². The summed E-state index contributed by atoms with van der Waals surface area (Å²) in [5, 5.41) is 16.7. The van der Waals surface area contributed by atoms with Gasteiger partial charge in [0.15, 0.2) is 9.84 Å².